The molecule has 6 nitrogen and oxygen atoms in total. The lowest BCUT2D eigenvalue weighted by Gasteiger charge is -2.40. The zero-order valence-electron chi connectivity index (χ0n) is 17.2. The molecule has 0 unspecified atom stereocenters. The number of carbonyl (C=O) groups excluding carboxylic acids is 2. The number of hydrogen-bond donors (Lipinski definition) is 1. The van der Waals surface area contributed by atoms with Crippen LogP contribution in [0.4, 0.5) is 5.69 Å². The Morgan fingerprint density at radius 2 is 2.03 bits per heavy atom. The van der Waals surface area contributed by atoms with Crippen molar-refractivity contribution in [2.75, 3.05) is 38.1 Å². The lowest BCUT2D eigenvalue weighted by atomic mass is 10.0. The number of hydrogen-bond acceptors (Lipinski definition) is 4. The fraction of sp³-hybridized carbons (Fsp3) is 0.391. The third kappa shape index (κ3) is 4.45. The molecule has 4 rings (SSSR count). The van der Waals surface area contributed by atoms with Gasteiger partial charge in [-0.15, -0.1) is 0 Å². The highest BCUT2D eigenvalue weighted by Gasteiger charge is 2.33. The van der Waals surface area contributed by atoms with Gasteiger partial charge in [-0.2, -0.15) is 0 Å². The third-order valence-corrected chi connectivity index (χ3v) is 5.92. The van der Waals surface area contributed by atoms with E-state index in [0.29, 0.717) is 54.2 Å². The number of nitrogens with zero attached hydrogens (tertiary/aromatic N) is 2. The second-order valence-electron chi connectivity index (χ2n) is 8.16. The lowest BCUT2D eigenvalue weighted by Crippen LogP contribution is -2.57. The molecule has 1 atom stereocenters. The molecule has 0 radical (unpaired) electrons. The number of nitrogens with one attached hydrogen (secondary N) is 1. The van der Waals surface area contributed by atoms with Gasteiger partial charge in [0.2, 0.25) is 5.91 Å². The van der Waals surface area contributed by atoms with Crippen molar-refractivity contribution in [2.24, 2.45) is 0 Å². The van der Waals surface area contributed by atoms with Crippen LogP contribution in [0.2, 0.25) is 5.02 Å². The minimum Gasteiger partial charge on any atom is -0.490 e. The lowest BCUT2D eigenvalue weighted by molar-refractivity contribution is -0.118. The first-order valence-electron chi connectivity index (χ1n) is 10.3. The van der Waals surface area contributed by atoms with Crippen LogP contribution in [0.1, 0.15) is 35.7 Å². The molecule has 1 saturated heterocycles. The van der Waals surface area contributed by atoms with Crippen LogP contribution < -0.4 is 10.1 Å². The smallest absolute Gasteiger partial charge is 0.254 e. The first-order chi connectivity index (χ1) is 14.4. The van der Waals surface area contributed by atoms with Crippen molar-refractivity contribution in [3.8, 4) is 5.75 Å². The molecular formula is C23H26ClN3O3. The van der Waals surface area contributed by atoms with E-state index in [1.165, 1.54) is 0 Å². The van der Waals surface area contributed by atoms with Crippen molar-refractivity contribution >= 4 is 29.1 Å². The van der Waals surface area contributed by atoms with Crippen molar-refractivity contribution in [1.29, 1.82) is 0 Å². The Kier molecular flexibility index (Phi) is 5.97. The normalized spacial score (nSPS) is 19.7. The number of piperazine rings is 1. The largest absolute Gasteiger partial charge is 0.490 e. The number of rotatable bonds is 2. The molecule has 2 heterocycles. The van der Waals surface area contributed by atoms with Gasteiger partial charge < -0.3 is 15.0 Å². The maximum absolute atomic E-state index is 12.9. The molecule has 2 aromatic carbocycles. The number of anilines is 1. The Hall–Kier alpha value is -2.57. The van der Waals surface area contributed by atoms with E-state index in [9.17, 15) is 9.59 Å². The summed E-state index contributed by atoms with van der Waals surface area (Å²) >= 11 is 6.05. The fourth-order valence-electron chi connectivity index (χ4n) is 3.94. The topological polar surface area (TPSA) is 61.9 Å². The summed E-state index contributed by atoms with van der Waals surface area (Å²) in [4.78, 5) is 29.5. The van der Waals surface area contributed by atoms with Gasteiger partial charge >= 0.3 is 0 Å². The van der Waals surface area contributed by atoms with E-state index < -0.39 is 0 Å². The van der Waals surface area contributed by atoms with E-state index >= 15 is 0 Å². The predicted molar refractivity (Wildman–Crippen MR) is 117 cm³/mol. The van der Waals surface area contributed by atoms with Gasteiger partial charge in [0.1, 0.15) is 12.4 Å². The quantitative estimate of drug-likeness (QED) is 0.795. The second kappa shape index (κ2) is 8.66. The third-order valence-electron chi connectivity index (χ3n) is 5.69. The maximum Gasteiger partial charge on any atom is 0.254 e. The molecule has 30 heavy (non-hydrogen) atoms. The first-order valence-corrected chi connectivity index (χ1v) is 10.6. The van der Waals surface area contributed by atoms with Gasteiger partial charge in [0, 0.05) is 30.2 Å². The Bertz CT molecular complexity index is 962. The predicted octanol–water partition coefficient (Wildman–Crippen LogP) is 3.62. The first kappa shape index (κ1) is 20.7. The van der Waals surface area contributed by atoms with Crippen molar-refractivity contribution in [3.05, 3.63) is 58.6 Å². The van der Waals surface area contributed by atoms with E-state index in [1.807, 2.05) is 23.1 Å². The molecule has 0 aliphatic carbocycles. The zero-order chi connectivity index (χ0) is 21.3. The van der Waals surface area contributed by atoms with E-state index in [-0.39, 0.29) is 24.4 Å². The van der Waals surface area contributed by atoms with Gasteiger partial charge in [-0.05, 0) is 41.8 Å². The minimum atomic E-state index is -0.0673. The standard InChI is InChI=1S/C23H26ClN3O3/c1-15(2)16-6-7-21-20(11-16)25-22(28)13-26-8-9-27(12-19(26)14-30-21)23(29)17-4-3-5-18(24)10-17/h3-7,10-11,15,19H,8-9,12-14H2,1-2H3,(H,25,28)/t19-/m0/s1. The summed E-state index contributed by atoms with van der Waals surface area (Å²) < 4.78 is 6.10. The Morgan fingerprint density at radius 3 is 2.80 bits per heavy atom. The zero-order valence-corrected chi connectivity index (χ0v) is 18.0. The number of halogens is 1. The highest BCUT2D eigenvalue weighted by Crippen LogP contribution is 2.30. The monoisotopic (exact) mass is 427 g/mol. The molecule has 0 saturated carbocycles. The van der Waals surface area contributed by atoms with Crippen LogP contribution in [0, 0.1) is 0 Å². The van der Waals surface area contributed by atoms with Gasteiger partial charge in [0.05, 0.1) is 18.3 Å². The van der Waals surface area contributed by atoms with Crippen LogP contribution in [0.3, 0.4) is 0 Å². The van der Waals surface area contributed by atoms with Crippen molar-refractivity contribution in [1.82, 2.24) is 9.80 Å². The molecule has 2 amide bonds. The SMILES string of the molecule is CC(C)c1ccc2c(c1)NC(=O)CN1CCN(C(=O)c3cccc(Cl)c3)C[C@H]1CO2. The summed E-state index contributed by atoms with van der Waals surface area (Å²) in [5.41, 5.74) is 2.43. The fourth-order valence-corrected chi connectivity index (χ4v) is 4.13. The van der Waals surface area contributed by atoms with Crippen LogP contribution in [0.5, 0.6) is 5.75 Å². The average Bonchev–Trinajstić information content (AvgIpc) is 2.79. The summed E-state index contributed by atoms with van der Waals surface area (Å²) in [6.07, 6.45) is 0. The van der Waals surface area contributed by atoms with Crippen molar-refractivity contribution in [3.63, 3.8) is 0 Å². The summed E-state index contributed by atoms with van der Waals surface area (Å²) in [7, 11) is 0. The molecule has 7 heteroatoms. The van der Waals surface area contributed by atoms with Crippen LogP contribution in [0.15, 0.2) is 42.5 Å². The molecule has 2 aliphatic rings. The van der Waals surface area contributed by atoms with E-state index in [1.54, 1.807) is 24.3 Å². The summed E-state index contributed by atoms with van der Waals surface area (Å²) in [5.74, 6) is 0.899. The Labute approximate surface area is 181 Å². The molecule has 1 N–H and O–H groups in total. The van der Waals surface area contributed by atoms with Crippen LogP contribution in [0.25, 0.3) is 0 Å². The summed E-state index contributed by atoms with van der Waals surface area (Å²) in [6.45, 7) is 6.58. The van der Waals surface area contributed by atoms with E-state index in [2.05, 4.69) is 24.1 Å². The van der Waals surface area contributed by atoms with E-state index in [4.69, 9.17) is 16.3 Å². The number of ether oxygens (including phenoxy) is 1. The molecule has 2 aromatic rings. The van der Waals surface area contributed by atoms with Gasteiger partial charge in [-0.25, -0.2) is 0 Å². The average molecular weight is 428 g/mol. The second-order valence-corrected chi connectivity index (χ2v) is 8.59. The van der Waals surface area contributed by atoms with Gasteiger partial charge in [-0.1, -0.05) is 37.6 Å². The molecule has 1 fully saturated rings. The van der Waals surface area contributed by atoms with Gasteiger partial charge in [-0.3, -0.25) is 14.5 Å². The molecule has 0 bridgehead atoms. The highest BCUT2D eigenvalue weighted by atomic mass is 35.5. The Morgan fingerprint density at radius 1 is 1.20 bits per heavy atom. The van der Waals surface area contributed by atoms with E-state index in [0.717, 1.165) is 5.56 Å². The Balaban J connectivity index is 1.53. The molecule has 0 aromatic heterocycles. The number of amides is 2. The minimum absolute atomic E-state index is 0.0524. The molecule has 0 spiro atoms. The van der Waals surface area contributed by atoms with Crippen molar-refractivity contribution < 1.29 is 14.3 Å². The van der Waals surface area contributed by atoms with Crippen LogP contribution in [-0.2, 0) is 4.79 Å². The van der Waals surface area contributed by atoms with Crippen LogP contribution >= 0.6 is 11.6 Å². The highest BCUT2D eigenvalue weighted by molar-refractivity contribution is 6.30. The van der Waals surface area contributed by atoms with Crippen molar-refractivity contribution in [2.45, 2.75) is 25.8 Å². The van der Waals surface area contributed by atoms with Gasteiger partial charge in [0.25, 0.3) is 5.91 Å². The molecule has 158 valence electrons. The maximum atomic E-state index is 12.9. The summed E-state index contributed by atoms with van der Waals surface area (Å²) in [6, 6.07) is 12.9. The summed E-state index contributed by atoms with van der Waals surface area (Å²) in [5, 5.41) is 3.54. The number of carbonyl (C=O) groups is 2. The molecule has 2 aliphatic heterocycles. The number of fused-ring (bicyclic) bond motifs is 2. The molecular weight excluding hydrogens is 402 g/mol. The number of benzene rings is 2. The van der Waals surface area contributed by atoms with Gasteiger partial charge in [0.15, 0.2) is 0 Å². The van der Waals surface area contributed by atoms with Crippen LogP contribution in [-0.4, -0.2) is 60.4 Å².